The Kier molecular flexibility index (Phi) is 56.2. The molecule has 0 fully saturated rings. The fourth-order valence-corrected chi connectivity index (χ4v) is 9.59. The van der Waals surface area contributed by atoms with Crippen molar-refractivity contribution in [2.24, 2.45) is 17.8 Å². The number of nitrogens with zero attached hydrogens (tertiary/aromatic N) is 1. The molecule has 0 saturated heterocycles. The predicted octanol–water partition coefficient (Wildman–Crippen LogP) is 16.1. The summed E-state index contributed by atoms with van der Waals surface area (Å²) in [6.45, 7) is 17.6. The van der Waals surface area contributed by atoms with Gasteiger partial charge in [-0.3, -0.25) is 14.4 Å². The van der Waals surface area contributed by atoms with E-state index in [4.69, 9.17) is 15.0 Å². The third kappa shape index (κ3) is 42.9. The van der Waals surface area contributed by atoms with Crippen LogP contribution in [0.5, 0.6) is 0 Å². The number of hydrogen-bond donors (Lipinski definition) is 3. The molecule has 1 unspecified atom stereocenters. The van der Waals surface area contributed by atoms with E-state index in [0.29, 0.717) is 18.0 Å². The third-order valence-electron chi connectivity index (χ3n) is 13.3. The van der Waals surface area contributed by atoms with E-state index in [-0.39, 0.29) is 17.3 Å². The van der Waals surface area contributed by atoms with Gasteiger partial charge in [-0.15, -0.1) is 12.8 Å². The van der Waals surface area contributed by atoms with Gasteiger partial charge in [0.25, 0.3) is 6.47 Å². The van der Waals surface area contributed by atoms with Gasteiger partial charge in [0.05, 0.1) is 5.69 Å². The molecule has 1 atom stereocenters. The van der Waals surface area contributed by atoms with Gasteiger partial charge in [-0.2, -0.15) is 0 Å². The SMILES string of the molecule is C#C.CCCCCCCCC(CCC)CCCCCCCN(CCCCCCCC(CCCCCCCC)CCCCCCCC)CCCNc1c(CC(C)C)c(=O)c1=O.CO.O=CO. The van der Waals surface area contributed by atoms with Gasteiger partial charge in [-0.05, 0) is 63.1 Å². The van der Waals surface area contributed by atoms with Crippen LogP contribution in [0.25, 0.3) is 0 Å². The second-order valence-corrected chi connectivity index (χ2v) is 19.6. The van der Waals surface area contributed by atoms with Crippen LogP contribution in [0.3, 0.4) is 0 Å². The first kappa shape index (κ1) is 67.1. The third-order valence-corrected chi connectivity index (χ3v) is 13.3. The zero-order valence-electron chi connectivity index (χ0n) is 44.5. The fourth-order valence-electron chi connectivity index (χ4n) is 9.59. The van der Waals surface area contributed by atoms with Crippen LogP contribution in [0.2, 0.25) is 0 Å². The highest BCUT2D eigenvalue weighted by Gasteiger charge is 2.21. The van der Waals surface area contributed by atoms with E-state index in [1.54, 1.807) is 0 Å². The quantitative estimate of drug-likeness (QED) is 0.0259. The number of terminal acetylenes is 1. The highest BCUT2D eigenvalue weighted by molar-refractivity contribution is 5.56. The van der Waals surface area contributed by atoms with Gasteiger partial charge in [0.15, 0.2) is 0 Å². The molecule has 3 N–H and O–H groups in total. The average Bonchev–Trinajstić information content (AvgIpc) is 3.31. The first-order valence-corrected chi connectivity index (χ1v) is 27.9. The zero-order chi connectivity index (χ0) is 49.0. The van der Waals surface area contributed by atoms with Gasteiger partial charge in [0, 0.05) is 19.2 Å². The predicted molar refractivity (Wildman–Crippen MR) is 287 cm³/mol. The topological polar surface area (TPSA) is 107 Å². The Labute approximate surface area is 405 Å². The van der Waals surface area contributed by atoms with Crippen LogP contribution in [-0.2, 0) is 11.2 Å². The van der Waals surface area contributed by atoms with Crippen molar-refractivity contribution in [2.75, 3.05) is 38.6 Å². The minimum absolute atomic E-state index is 0.250. The highest BCUT2D eigenvalue weighted by Crippen LogP contribution is 2.26. The van der Waals surface area contributed by atoms with Crippen molar-refractivity contribution < 1.29 is 15.0 Å². The lowest BCUT2D eigenvalue weighted by Crippen LogP contribution is -2.39. The molecule has 65 heavy (non-hydrogen) atoms. The van der Waals surface area contributed by atoms with E-state index in [2.05, 4.69) is 64.6 Å². The van der Waals surface area contributed by atoms with Crippen LogP contribution >= 0.6 is 0 Å². The summed E-state index contributed by atoms with van der Waals surface area (Å²) < 4.78 is 0. The minimum atomic E-state index is -0.299. The molecule has 7 nitrogen and oxygen atoms in total. The summed E-state index contributed by atoms with van der Waals surface area (Å²) in [6, 6.07) is 0. The van der Waals surface area contributed by atoms with Gasteiger partial charge < -0.3 is 20.4 Å². The number of aliphatic hydroxyl groups excluding tert-OH is 1. The monoisotopic (exact) mass is 917 g/mol. The molecular formula is C58H112N2O5. The molecule has 1 rings (SSSR count). The van der Waals surface area contributed by atoms with E-state index in [9.17, 15) is 9.59 Å². The summed E-state index contributed by atoms with van der Waals surface area (Å²) in [6.07, 6.45) is 59.2. The van der Waals surface area contributed by atoms with E-state index < -0.39 is 0 Å². The smallest absolute Gasteiger partial charge is 0.290 e. The van der Waals surface area contributed by atoms with Crippen molar-refractivity contribution >= 4 is 12.2 Å². The summed E-state index contributed by atoms with van der Waals surface area (Å²) in [4.78, 5) is 35.5. The first-order valence-electron chi connectivity index (χ1n) is 27.9. The molecule has 0 spiro atoms. The lowest BCUT2D eigenvalue weighted by molar-refractivity contribution is -0.122. The Balaban J connectivity index is -0.00000518. The molecule has 1 aromatic carbocycles. The van der Waals surface area contributed by atoms with Crippen LogP contribution in [0.15, 0.2) is 9.59 Å². The molecule has 0 heterocycles. The number of aliphatic hydroxyl groups is 1. The molecule has 0 aliphatic heterocycles. The fraction of sp³-hybridized carbons (Fsp3) is 0.879. The first-order chi connectivity index (χ1) is 31.8. The summed E-state index contributed by atoms with van der Waals surface area (Å²) >= 11 is 0. The van der Waals surface area contributed by atoms with Gasteiger partial charge in [0.2, 0.25) is 10.9 Å². The number of hydrogen-bond acceptors (Lipinski definition) is 6. The average molecular weight is 918 g/mol. The number of nitrogens with one attached hydrogen (secondary N) is 1. The van der Waals surface area contributed by atoms with Gasteiger partial charge in [0.1, 0.15) is 0 Å². The maximum absolute atomic E-state index is 12.3. The maximum atomic E-state index is 12.3. The van der Waals surface area contributed by atoms with Crippen LogP contribution in [0.1, 0.15) is 278 Å². The standard InChI is InChI=1S/C54H104N2O2.C2H2.CH2O2.CH4O/c1-7-11-14-17-22-29-38-49(37-10-4)39-30-25-20-27-34-44-56(46-36-43-55-52-51(47-48(5)6)53(57)54(52)58)45-35-28-21-26-33-42-50(40-31-23-18-15-12-8-2)41-32-24-19-16-13-9-3;1-2;2-1-3;1-2/h48-50,55H,7-47H2,1-6H3;1-2H;1H,(H,2,3);2H,1H3. The summed E-state index contributed by atoms with van der Waals surface area (Å²) in [5.41, 5.74) is 0.783. The molecular weight excluding hydrogens is 805 g/mol. The van der Waals surface area contributed by atoms with Crippen LogP contribution in [-0.4, -0.2) is 54.9 Å². The molecule has 0 amide bonds. The Hall–Kier alpha value is -2.17. The van der Waals surface area contributed by atoms with E-state index in [1.165, 1.54) is 238 Å². The van der Waals surface area contributed by atoms with Crippen molar-refractivity contribution in [1.82, 2.24) is 4.90 Å². The van der Waals surface area contributed by atoms with Gasteiger partial charge in [-0.25, -0.2) is 0 Å². The second-order valence-electron chi connectivity index (χ2n) is 19.6. The largest absolute Gasteiger partial charge is 0.483 e. The highest BCUT2D eigenvalue weighted by atomic mass is 16.3. The van der Waals surface area contributed by atoms with E-state index in [1.807, 2.05) is 0 Å². The molecule has 7 heteroatoms. The maximum Gasteiger partial charge on any atom is 0.290 e. The Morgan fingerprint density at radius 2 is 0.785 bits per heavy atom. The molecule has 0 aliphatic carbocycles. The molecule has 0 aliphatic rings. The van der Waals surface area contributed by atoms with Gasteiger partial charge >= 0.3 is 0 Å². The number of rotatable bonds is 46. The van der Waals surface area contributed by atoms with Crippen molar-refractivity contribution in [3.8, 4) is 12.8 Å². The number of carboxylic acid groups (broad SMARTS) is 1. The van der Waals surface area contributed by atoms with E-state index >= 15 is 0 Å². The summed E-state index contributed by atoms with van der Waals surface area (Å²) in [7, 11) is 1.00. The van der Waals surface area contributed by atoms with Crippen LogP contribution in [0.4, 0.5) is 5.69 Å². The summed E-state index contributed by atoms with van der Waals surface area (Å²) in [5, 5.41) is 17.3. The molecule has 0 radical (unpaired) electrons. The van der Waals surface area contributed by atoms with Crippen LogP contribution in [0, 0.1) is 30.6 Å². The van der Waals surface area contributed by atoms with Gasteiger partial charge in [-0.1, -0.05) is 253 Å². The zero-order valence-corrected chi connectivity index (χ0v) is 44.5. The Morgan fingerprint density at radius 1 is 0.477 bits per heavy atom. The Bertz CT molecular complexity index is 1160. The molecule has 0 aromatic heterocycles. The van der Waals surface area contributed by atoms with Crippen molar-refractivity contribution in [2.45, 2.75) is 279 Å². The number of anilines is 1. The molecule has 384 valence electrons. The van der Waals surface area contributed by atoms with Crippen LogP contribution < -0.4 is 16.2 Å². The second kappa shape index (κ2) is 54.4. The lowest BCUT2D eigenvalue weighted by atomic mass is 9.89. The van der Waals surface area contributed by atoms with Crippen molar-refractivity contribution in [1.29, 1.82) is 0 Å². The Morgan fingerprint density at radius 3 is 1.12 bits per heavy atom. The summed E-state index contributed by atoms with van der Waals surface area (Å²) in [5.74, 6) is 2.32. The van der Waals surface area contributed by atoms with E-state index in [0.717, 1.165) is 44.0 Å². The van der Waals surface area contributed by atoms with Crippen molar-refractivity contribution in [3.63, 3.8) is 0 Å². The minimum Gasteiger partial charge on any atom is -0.483 e. The number of carbonyl (C=O) groups is 1. The normalized spacial score (nSPS) is 11.5. The van der Waals surface area contributed by atoms with Crippen molar-refractivity contribution in [3.05, 3.63) is 26.0 Å². The molecule has 0 bridgehead atoms. The molecule has 0 saturated carbocycles. The molecule has 1 aromatic rings. The number of unbranched alkanes of at least 4 members (excludes halogenated alkanes) is 23. The lowest BCUT2D eigenvalue weighted by Gasteiger charge is -2.23.